The summed E-state index contributed by atoms with van der Waals surface area (Å²) in [6.07, 6.45) is 8.32. The number of anilines is 1. The first-order valence-corrected chi connectivity index (χ1v) is 15.6. The number of benzene rings is 3. The normalized spacial score (nSPS) is 27.3. The Morgan fingerprint density at radius 2 is 1.61 bits per heavy atom. The number of nitrogens with one attached hydrogen (secondary N) is 2. The molecule has 3 aromatic carbocycles. The average molecular weight is 592 g/mol. The largest absolute Gasteiger partial charge is 0.457 e. The van der Waals surface area contributed by atoms with Crippen molar-refractivity contribution in [2.75, 3.05) is 5.32 Å². The van der Waals surface area contributed by atoms with Crippen LogP contribution in [-0.4, -0.2) is 46.4 Å². The van der Waals surface area contributed by atoms with Gasteiger partial charge in [-0.2, -0.15) is 0 Å². The van der Waals surface area contributed by atoms with Gasteiger partial charge in [-0.15, -0.1) is 0 Å². The van der Waals surface area contributed by atoms with Crippen LogP contribution in [-0.2, 0) is 25.7 Å². The van der Waals surface area contributed by atoms with Gasteiger partial charge in [0.2, 0.25) is 17.7 Å². The predicted octanol–water partition coefficient (Wildman–Crippen LogP) is 5.53. The molecule has 2 bridgehead atoms. The lowest BCUT2D eigenvalue weighted by molar-refractivity contribution is -0.142. The molecule has 0 unspecified atom stereocenters. The summed E-state index contributed by atoms with van der Waals surface area (Å²) in [5.74, 6) is -0.944. The first kappa shape index (κ1) is 28.3. The van der Waals surface area contributed by atoms with Crippen molar-refractivity contribution in [3.8, 4) is 11.5 Å². The van der Waals surface area contributed by atoms with Crippen LogP contribution in [0.5, 0.6) is 11.5 Å². The predicted molar refractivity (Wildman–Crippen MR) is 166 cm³/mol. The first-order chi connectivity index (χ1) is 21.4. The standard InChI is InChI=1S/C36H37N3O5/c1-23-12-14-24(15-13-23)22-39-32(34(41)38-25-8-4-2-5-9-25)36-21-20-29(44-36)30(31(36)35(39)42)33(40)37-26-16-18-28(19-17-26)43-27-10-6-3-7-11-27/h3,6-7,10-21,25,29-32H,2,4-5,8-9,22H2,1H3,(H,37,40)(H,38,41)/t29-,30+,31-,32-,36+/m1/s1. The number of fused-ring (bicyclic) bond motifs is 1. The molecule has 8 nitrogen and oxygen atoms in total. The zero-order valence-corrected chi connectivity index (χ0v) is 24.8. The molecule has 44 heavy (non-hydrogen) atoms. The van der Waals surface area contributed by atoms with Crippen molar-refractivity contribution in [2.45, 2.75) is 69.4 Å². The molecule has 2 N–H and O–H groups in total. The fraction of sp³-hybridized carbons (Fsp3) is 0.361. The van der Waals surface area contributed by atoms with Crippen molar-refractivity contribution in [3.63, 3.8) is 0 Å². The molecule has 3 aromatic rings. The van der Waals surface area contributed by atoms with Crippen molar-refractivity contribution < 1.29 is 23.9 Å². The lowest BCUT2D eigenvalue weighted by Crippen LogP contribution is -2.56. The van der Waals surface area contributed by atoms with Crippen molar-refractivity contribution in [1.29, 1.82) is 0 Å². The van der Waals surface area contributed by atoms with Crippen molar-refractivity contribution in [2.24, 2.45) is 11.8 Å². The minimum atomic E-state index is -1.19. The van der Waals surface area contributed by atoms with E-state index in [0.29, 0.717) is 11.4 Å². The quantitative estimate of drug-likeness (QED) is 0.336. The highest BCUT2D eigenvalue weighted by atomic mass is 16.5. The third kappa shape index (κ3) is 5.17. The van der Waals surface area contributed by atoms with E-state index >= 15 is 0 Å². The molecule has 0 radical (unpaired) electrons. The van der Waals surface area contributed by atoms with E-state index in [1.54, 1.807) is 29.2 Å². The summed E-state index contributed by atoms with van der Waals surface area (Å²) in [5, 5.41) is 6.23. The minimum absolute atomic E-state index is 0.0820. The minimum Gasteiger partial charge on any atom is -0.457 e. The molecule has 7 rings (SSSR count). The molecule has 3 amide bonds. The van der Waals surface area contributed by atoms with Gasteiger partial charge < -0.3 is 25.0 Å². The fourth-order valence-corrected chi connectivity index (χ4v) is 7.31. The molecule has 1 saturated carbocycles. The Bertz CT molecular complexity index is 1570. The van der Waals surface area contributed by atoms with Gasteiger partial charge in [0.25, 0.3) is 0 Å². The smallest absolute Gasteiger partial charge is 0.246 e. The molecular weight excluding hydrogens is 554 g/mol. The molecule has 5 atom stereocenters. The van der Waals surface area contributed by atoms with Crippen LogP contribution in [0.3, 0.4) is 0 Å². The number of amides is 3. The van der Waals surface area contributed by atoms with Crippen LogP contribution in [0.2, 0.25) is 0 Å². The third-order valence-corrected chi connectivity index (χ3v) is 9.45. The third-order valence-electron chi connectivity index (χ3n) is 9.45. The number of nitrogens with zero attached hydrogens (tertiary/aromatic N) is 1. The SMILES string of the molecule is Cc1ccc(CN2C(=O)[C@H]3[C@@H](C(=O)Nc4ccc(Oc5ccccc5)cc4)[C@H]4C=C[C@@]3(O4)[C@H]2C(=O)NC2CCCCC2)cc1. The molecule has 0 aromatic heterocycles. The van der Waals surface area contributed by atoms with Crippen LogP contribution in [0.4, 0.5) is 5.69 Å². The first-order valence-electron chi connectivity index (χ1n) is 15.6. The Balaban J connectivity index is 1.13. The van der Waals surface area contributed by atoms with Crippen LogP contribution < -0.4 is 15.4 Å². The van der Waals surface area contributed by atoms with Gasteiger partial charge in [-0.05, 0) is 61.7 Å². The van der Waals surface area contributed by atoms with Crippen molar-refractivity contribution >= 4 is 23.4 Å². The number of likely N-dealkylation sites (tertiary alicyclic amines) is 1. The lowest BCUT2D eigenvalue weighted by atomic mass is 9.74. The maximum Gasteiger partial charge on any atom is 0.246 e. The Morgan fingerprint density at radius 1 is 0.909 bits per heavy atom. The monoisotopic (exact) mass is 591 g/mol. The lowest BCUT2D eigenvalue weighted by Gasteiger charge is -2.34. The van der Waals surface area contributed by atoms with Gasteiger partial charge in [-0.3, -0.25) is 14.4 Å². The number of hydrogen-bond acceptors (Lipinski definition) is 5. The zero-order chi connectivity index (χ0) is 30.3. The summed E-state index contributed by atoms with van der Waals surface area (Å²) in [6, 6.07) is 23.8. The summed E-state index contributed by atoms with van der Waals surface area (Å²) in [7, 11) is 0. The van der Waals surface area contributed by atoms with E-state index in [-0.39, 0.29) is 30.3 Å². The number of hydrogen-bond donors (Lipinski definition) is 2. The second kappa shape index (κ2) is 11.6. The summed E-state index contributed by atoms with van der Waals surface area (Å²) < 4.78 is 12.4. The molecule has 8 heteroatoms. The van der Waals surface area contributed by atoms with Gasteiger partial charge in [0.1, 0.15) is 23.1 Å². The van der Waals surface area contributed by atoms with E-state index in [9.17, 15) is 14.4 Å². The Hall–Kier alpha value is -4.43. The highest BCUT2D eigenvalue weighted by Crippen LogP contribution is 2.55. The molecule has 4 aliphatic rings. The molecule has 3 heterocycles. The molecule has 1 aliphatic carbocycles. The van der Waals surface area contributed by atoms with E-state index in [0.717, 1.165) is 42.6 Å². The molecule has 3 aliphatic heterocycles. The average Bonchev–Trinajstić information content (AvgIpc) is 3.68. The Kier molecular flexibility index (Phi) is 7.46. The summed E-state index contributed by atoms with van der Waals surface area (Å²) in [4.78, 5) is 43.8. The van der Waals surface area contributed by atoms with Crippen LogP contribution in [0.15, 0.2) is 91.0 Å². The van der Waals surface area contributed by atoms with Gasteiger partial charge in [0, 0.05) is 18.3 Å². The summed E-state index contributed by atoms with van der Waals surface area (Å²) >= 11 is 0. The Labute approximate surface area is 257 Å². The van der Waals surface area contributed by atoms with E-state index in [2.05, 4.69) is 10.6 Å². The zero-order valence-electron chi connectivity index (χ0n) is 24.8. The topological polar surface area (TPSA) is 97.0 Å². The number of ether oxygens (including phenoxy) is 2. The molecule has 226 valence electrons. The summed E-state index contributed by atoms with van der Waals surface area (Å²) in [6.45, 7) is 2.28. The number of para-hydroxylation sites is 1. The molecule has 3 fully saturated rings. The van der Waals surface area contributed by atoms with E-state index < -0.39 is 29.6 Å². The van der Waals surface area contributed by atoms with Gasteiger partial charge in [-0.25, -0.2) is 0 Å². The highest BCUT2D eigenvalue weighted by Gasteiger charge is 2.72. The second-order valence-electron chi connectivity index (χ2n) is 12.4. The van der Waals surface area contributed by atoms with E-state index in [4.69, 9.17) is 9.47 Å². The number of carbonyl (C=O) groups is 3. The Morgan fingerprint density at radius 3 is 2.34 bits per heavy atom. The maximum atomic E-state index is 14.3. The summed E-state index contributed by atoms with van der Waals surface area (Å²) in [5.41, 5.74) is 1.43. The van der Waals surface area contributed by atoms with Gasteiger partial charge >= 0.3 is 0 Å². The number of carbonyl (C=O) groups excluding carboxylic acids is 3. The maximum absolute atomic E-state index is 14.3. The van der Waals surface area contributed by atoms with Crippen molar-refractivity contribution in [3.05, 3.63) is 102 Å². The molecule has 1 spiro atoms. The van der Waals surface area contributed by atoms with Gasteiger partial charge in [-0.1, -0.05) is 79.4 Å². The number of aryl methyl sites for hydroxylation is 1. The van der Waals surface area contributed by atoms with Gasteiger partial charge in [0.15, 0.2) is 0 Å². The number of rotatable bonds is 8. The highest BCUT2D eigenvalue weighted by molar-refractivity contribution is 6.02. The van der Waals surface area contributed by atoms with E-state index in [1.807, 2.05) is 73.7 Å². The fourth-order valence-electron chi connectivity index (χ4n) is 7.31. The van der Waals surface area contributed by atoms with Crippen LogP contribution >= 0.6 is 0 Å². The molecule has 2 saturated heterocycles. The second-order valence-corrected chi connectivity index (χ2v) is 12.4. The van der Waals surface area contributed by atoms with Crippen LogP contribution in [0, 0.1) is 18.8 Å². The van der Waals surface area contributed by atoms with Crippen molar-refractivity contribution in [1.82, 2.24) is 10.2 Å². The van der Waals surface area contributed by atoms with Crippen LogP contribution in [0.1, 0.15) is 43.2 Å². The van der Waals surface area contributed by atoms with E-state index in [1.165, 1.54) is 6.42 Å². The molecular formula is C36H37N3O5. The van der Waals surface area contributed by atoms with Gasteiger partial charge in [0.05, 0.1) is 17.9 Å². The van der Waals surface area contributed by atoms with Crippen LogP contribution in [0.25, 0.3) is 0 Å².